The standard InChI is InChI=1S/C17H17FO/c1-12(2)9-13-3-5-14(6-4-13)15-7-8-17(18)16(10-15)11-19/h3-8,10-12H,9H2,1-2H3. The third-order valence-electron chi connectivity index (χ3n) is 3.05. The summed E-state index contributed by atoms with van der Waals surface area (Å²) in [5.41, 5.74) is 3.25. The largest absolute Gasteiger partial charge is 0.298 e. The van der Waals surface area contributed by atoms with E-state index >= 15 is 0 Å². The van der Waals surface area contributed by atoms with Crippen LogP contribution in [0.15, 0.2) is 42.5 Å². The van der Waals surface area contributed by atoms with Crippen LogP contribution in [0, 0.1) is 11.7 Å². The highest BCUT2D eigenvalue weighted by molar-refractivity contribution is 5.79. The Morgan fingerprint density at radius 2 is 1.68 bits per heavy atom. The zero-order chi connectivity index (χ0) is 13.8. The van der Waals surface area contributed by atoms with E-state index in [1.165, 1.54) is 11.6 Å². The Morgan fingerprint density at radius 3 is 2.26 bits per heavy atom. The second-order valence-corrected chi connectivity index (χ2v) is 5.15. The van der Waals surface area contributed by atoms with Gasteiger partial charge < -0.3 is 0 Å². The van der Waals surface area contributed by atoms with Crippen LogP contribution in [0.2, 0.25) is 0 Å². The van der Waals surface area contributed by atoms with Crippen LogP contribution in [0.25, 0.3) is 11.1 Å². The minimum absolute atomic E-state index is 0.101. The summed E-state index contributed by atoms with van der Waals surface area (Å²) in [4.78, 5) is 10.7. The summed E-state index contributed by atoms with van der Waals surface area (Å²) < 4.78 is 13.3. The van der Waals surface area contributed by atoms with Crippen molar-refractivity contribution in [3.63, 3.8) is 0 Å². The van der Waals surface area contributed by atoms with Crippen molar-refractivity contribution in [3.8, 4) is 11.1 Å². The molecule has 0 N–H and O–H groups in total. The molecule has 2 aromatic rings. The molecule has 0 bridgehead atoms. The van der Waals surface area contributed by atoms with Crippen LogP contribution in [0.5, 0.6) is 0 Å². The third-order valence-corrected chi connectivity index (χ3v) is 3.05. The molecule has 2 rings (SSSR count). The Bertz CT molecular complexity index is 570. The summed E-state index contributed by atoms with van der Waals surface area (Å²) in [7, 11) is 0. The topological polar surface area (TPSA) is 17.1 Å². The molecule has 0 atom stereocenters. The van der Waals surface area contributed by atoms with Gasteiger partial charge in [0.1, 0.15) is 5.82 Å². The van der Waals surface area contributed by atoms with Crippen LogP contribution < -0.4 is 0 Å². The molecule has 0 saturated heterocycles. The highest BCUT2D eigenvalue weighted by Gasteiger charge is 2.05. The van der Waals surface area contributed by atoms with Gasteiger partial charge in [0, 0.05) is 0 Å². The predicted molar refractivity (Wildman–Crippen MR) is 75.8 cm³/mol. The van der Waals surface area contributed by atoms with Crippen LogP contribution >= 0.6 is 0 Å². The molecule has 0 heterocycles. The van der Waals surface area contributed by atoms with Gasteiger partial charge >= 0.3 is 0 Å². The number of benzene rings is 2. The van der Waals surface area contributed by atoms with Gasteiger partial charge in [-0.25, -0.2) is 4.39 Å². The lowest BCUT2D eigenvalue weighted by Gasteiger charge is -2.07. The summed E-state index contributed by atoms with van der Waals surface area (Å²) in [5.74, 6) is 0.147. The lowest BCUT2D eigenvalue weighted by Crippen LogP contribution is -1.93. The zero-order valence-electron chi connectivity index (χ0n) is 11.2. The van der Waals surface area contributed by atoms with Crippen molar-refractivity contribution >= 4 is 6.29 Å². The van der Waals surface area contributed by atoms with Crippen molar-refractivity contribution in [1.29, 1.82) is 0 Å². The quantitative estimate of drug-likeness (QED) is 0.736. The Morgan fingerprint density at radius 1 is 1.05 bits per heavy atom. The maximum absolute atomic E-state index is 13.3. The smallest absolute Gasteiger partial charge is 0.153 e. The first-order valence-corrected chi connectivity index (χ1v) is 6.44. The van der Waals surface area contributed by atoms with Gasteiger partial charge in [0.05, 0.1) is 5.56 Å². The molecule has 0 aliphatic carbocycles. The number of carbonyl (C=O) groups excluding carboxylic acids is 1. The van der Waals surface area contributed by atoms with Crippen LogP contribution in [0.3, 0.4) is 0 Å². The second-order valence-electron chi connectivity index (χ2n) is 5.15. The third kappa shape index (κ3) is 3.28. The fraction of sp³-hybridized carbons (Fsp3) is 0.235. The predicted octanol–water partition coefficient (Wildman–Crippen LogP) is 4.50. The Hall–Kier alpha value is -1.96. The van der Waals surface area contributed by atoms with Gasteiger partial charge in [-0.2, -0.15) is 0 Å². The average molecular weight is 256 g/mol. The number of hydrogen-bond acceptors (Lipinski definition) is 1. The van der Waals surface area contributed by atoms with Crippen LogP contribution in [0.1, 0.15) is 29.8 Å². The summed E-state index contributed by atoms with van der Waals surface area (Å²) >= 11 is 0. The molecule has 0 radical (unpaired) electrons. The van der Waals surface area contributed by atoms with Crippen LogP contribution in [-0.4, -0.2) is 6.29 Å². The molecule has 0 aromatic heterocycles. The average Bonchev–Trinajstić information content (AvgIpc) is 2.40. The van der Waals surface area contributed by atoms with E-state index in [2.05, 4.69) is 26.0 Å². The van der Waals surface area contributed by atoms with E-state index < -0.39 is 5.82 Å². The summed E-state index contributed by atoms with van der Waals surface area (Å²) in [6, 6.07) is 12.8. The first-order valence-electron chi connectivity index (χ1n) is 6.44. The highest BCUT2D eigenvalue weighted by Crippen LogP contribution is 2.22. The molecule has 0 amide bonds. The van der Waals surface area contributed by atoms with E-state index in [0.717, 1.165) is 17.5 Å². The lowest BCUT2D eigenvalue weighted by molar-refractivity contribution is 0.112. The van der Waals surface area contributed by atoms with E-state index in [0.29, 0.717) is 12.2 Å². The summed E-state index contributed by atoms with van der Waals surface area (Å²) in [5, 5.41) is 0. The Balaban J connectivity index is 2.29. The van der Waals surface area contributed by atoms with Gasteiger partial charge in [-0.05, 0) is 41.2 Å². The highest BCUT2D eigenvalue weighted by atomic mass is 19.1. The molecule has 0 aliphatic rings. The molecular weight excluding hydrogens is 239 g/mol. The Labute approximate surface area is 113 Å². The van der Waals surface area contributed by atoms with Crippen molar-refractivity contribution in [2.75, 3.05) is 0 Å². The molecule has 2 heteroatoms. The van der Waals surface area contributed by atoms with Crippen LogP contribution in [0.4, 0.5) is 4.39 Å². The van der Waals surface area contributed by atoms with Crippen molar-refractivity contribution in [2.24, 2.45) is 5.92 Å². The minimum atomic E-state index is -0.477. The first-order chi connectivity index (χ1) is 9.10. The fourth-order valence-corrected chi connectivity index (χ4v) is 2.12. The lowest BCUT2D eigenvalue weighted by atomic mass is 9.98. The molecule has 1 nitrogen and oxygen atoms in total. The second kappa shape index (κ2) is 5.79. The summed E-state index contributed by atoms with van der Waals surface area (Å²) in [6.45, 7) is 4.37. The molecule has 0 spiro atoms. The number of rotatable bonds is 4. The molecular formula is C17H17FO. The monoisotopic (exact) mass is 256 g/mol. The minimum Gasteiger partial charge on any atom is -0.298 e. The SMILES string of the molecule is CC(C)Cc1ccc(-c2ccc(F)c(C=O)c2)cc1. The van der Waals surface area contributed by atoms with Gasteiger partial charge in [0.25, 0.3) is 0 Å². The van der Waals surface area contributed by atoms with Crippen molar-refractivity contribution in [1.82, 2.24) is 0 Å². The molecule has 0 aliphatic heterocycles. The zero-order valence-corrected chi connectivity index (χ0v) is 11.2. The van der Waals surface area contributed by atoms with Crippen molar-refractivity contribution < 1.29 is 9.18 Å². The maximum Gasteiger partial charge on any atom is 0.153 e. The molecule has 0 unspecified atom stereocenters. The molecule has 0 fully saturated rings. The number of hydrogen-bond donors (Lipinski definition) is 0. The van der Waals surface area contributed by atoms with Gasteiger partial charge in [0.2, 0.25) is 0 Å². The van der Waals surface area contributed by atoms with E-state index in [-0.39, 0.29) is 5.56 Å². The summed E-state index contributed by atoms with van der Waals surface area (Å²) in [6.07, 6.45) is 1.59. The Kier molecular flexibility index (Phi) is 4.10. The molecule has 98 valence electrons. The van der Waals surface area contributed by atoms with E-state index in [1.807, 2.05) is 12.1 Å². The van der Waals surface area contributed by atoms with Gasteiger partial charge in [0.15, 0.2) is 6.29 Å². The molecule has 19 heavy (non-hydrogen) atoms. The molecule has 2 aromatic carbocycles. The first kappa shape index (κ1) is 13.5. The number of halogens is 1. The van der Waals surface area contributed by atoms with E-state index in [4.69, 9.17) is 0 Å². The normalized spacial score (nSPS) is 10.7. The van der Waals surface area contributed by atoms with Gasteiger partial charge in [-0.3, -0.25) is 4.79 Å². The maximum atomic E-state index is 13.3. The van der Waals surface area contributed by atoms with Crippen molar-refractivity contribution in [3.05, 3.63) is 59.4 Å². The molecule has 0 saturated carbocycles. The fourth-order valence-electron chi connectivity index (χ4n) is 2.12. The van der Waals surface area contributed by atoms with E-state index in [1.54, 1.807) is 12.1 Å². The van der Waals surface area contributed by atoms with Gasteiger partial charge in [-0.15, -0.1) is 0 Å². The number of carbonyl (C=O) groups is 1. The van der Waals surface area contributed by atoms with E-state index in [9.17, 15) is 9.18 Å². The van der Waals surface area contributed by atoms with Gasteiger partial charge in [-0.1, -0.05) is 44.2 Å². The van der Waals surface area contributed by atoms with Crippen molar-refractivity contribution in [2.45, 2.75) is 20.3 Å². The number of aldehydes is 1. The van der Waals surface area contributed by atoms with Crippen LogP contribution in [-0.2, 0) is 6.42 Å².